The van der Waals surface area contributed by atoms with Crippen molar-refractivity contribution in [3.05, 3.63) is 58.6 Å². The molecular weight excluding hydrogens is 466 g/mol. The molecule has 0 radical (unpaired) electrons. The van der Waals surface area contributed by atoms with Gasteiger partial charge in [0.05, 0.1) is 23.6 Å². The van der Waals surface area contributed by atoms with Gasteiger partial charge in [0, 0.05) is 11.1 Å². The fourth-order valence-electron chi connectivity index (χ4n) is 3.79. The van der Waals surface area contributed by atoms with E-state index < -0.39 is 22.1 Å². The molecule has 1 aliphatic carbocycles. The molecule has 0 spiro atoms. The number of hydrogen-bond donors (Lipinski definition) is 3. The largest absolute Gasteiger partial charge is 0.496 e. The highest BCUT2D eigenvalue weighted by Crippen LogP contribution is 2.24. The lowest BCUT2D eigenvalue weighted by Gasteiger charge is -2.22. The average molecular weight is 494 g/mol. The van der Waals surface area contributed by atoms with Crippen LogP contribution in [0.5, 0.6) is 5.75 Å². The van der Waals surface area contributed by atoms with E-state index in [1.54, 1.807) is 31.2 Å². The number of carbonyl (C=O) groups is 2. The zero-order chi connectivity index (χ0) is 24.0. The molecule has 0 saturated heterocycles. The molecule has 1 unspecified atom stereocenters. The van der Waals surface area contributed by atoms with E-state index in [9.17, 15) is 18.0 Å². The van der Waals surface area contributed by atoms with Crippen molar-refractivity contribution >= 4 is 33.6 Å². The van der Waals surface area contributed by atoms with Crippen LogP contribution in [-0.4, -0.2) is 33.5 Å². The fourth-order valence-corrected chi connectivity index (χ4v) is 4.88. The van der Waals surface area contributed by atoms with Crippen molar-refractivity contribution < 1.29 is 22.7 Å². The van der Waals surface area contributed by atoms with Crippen molar-refractivity contribution in [2.75, 3.05) is 7.11 Å². The minimum Gasteiger partial charge on any atom is -0.496 e. The second-order valence-electron chi connectivity index (χ2n) is 8.02. The Labute approximate surface area is 199 Å². The van der Waals surface area contributed by atoms with Gasteiger partial charge in [-0.15, -0.1) is 0 Å². The second-order valence-corrected chi connectivity index (χ2v) is 10.1. The lowest BCUT2D eigenvalue weighted by Crippen LogP contribution is -2.45. The lowest BCUT2D eigenvalue weighted by atomic mass is 9.96. The molecule has 0 heterocycles. The first-order chi connectivity index (χ1) is 15.7. The predicted octanol–water partition coefficient (Wildman–Crippen LogP) is 4.16. The van der Waals surface area contributed by atoms with E-state index in [1.165, 1.54) is 25.3 Å². The Morgan fingerprint density at radius 1 is 1.06 bits per heavy atom. The molecule has 10 heteroatoms. The van der Waals surface area contributed by atoms with Gasteiger partial charge in [-0.05, 0) is 55.7 Å². The highest BCUT2D eigenvalue weighted by atomic mass is 35.5. The van der Waals surface area contributed by atoms with Gasteiger partial charge in [0.2, 0.25) is 0 Å². The standard InChI is InChI=1S/C23H28ClN3O5S/c1-15(25-22(28)20-14-17(24)10-13-21(20)32-2)16-8-11-19(12-9-16)33(30,31)27-23(29)26-18-6-4-3-5-7-18/h8-15,18H,3-7H2,1-2H3,(H,25,28)(H2,26,27,29). The Balaban J connectivity index is 1.63. The van der Waals surface area contributed by atoms with Crippen molar-refractivity contribution in [1.82, 2.24) is 15.4 Å². The fraction of sp³-hybridized carbons (Fsp3) is 0.391. The molecule has 3 amide bonds. The number of carbonyl (C=O) groups excluding carboxylic acids is 2. The number of halogens is 1. The summed E-state index contributed by atoms with van der Waals surface area (Å²) in [6, 6.07) is 9.59. The quantitative estimate of drug-likeness (QED) is 0.536. The minimum absolute atomic E-state index is 0.00101. The van der Waals surface area contributed by atoms with Crippen LogP contribution in [0, 0.1) is 0 Å². The van der Waals surface area contributed by atoms with Crippen molar-refractivity contribution in [3.63, 3.8) is 0 Å². The first-order valence-electron chi connectivity index (χ1n) is 10.8. The normalized spacial score (nSPS) is 15.4. The first kappa shape index (κ1) is 24.9. The van der Waals surface area contributed by atoms with Gasteiger partial charge < -0.3 is 15.4 Å². The number of nitrogens with one attached hydrogen (secondary N) is 3. The third kappa shape index (κ3) is 6.61. The summed E-state index contributed by atoms with van der Waals surface area (Å²) in [5.41, 5.74) is 0.985. The molecule has 1 aliphatic rings. The van der Waals surface area contributed by atoms with E-state index in [1.807, 2.05) is 0 Å². The number of sulfonamides is 1. The second kappa shape index (κ2) is 10.9. The molecule has 2 aromatic rings. The van der Waals surface area contributed by atoms with E-state index in [0.29, 0.717) is 21.9 Å². The van der Waals surface area contributed by atoms with E-state index in [-0.39, 0.29) is 16.8 Å². The van der Waals surface area contributed by atoms with Crippen LogP contribution in [-0.2, 0) is 10.0 Å². The molecule has 0 aliphatic heterocycles. The molecule has 1 saturated carbocycles. The van der Waals surface area contributed by atoms with E-state index in [0.717, 1.165) is 32.1 Å². The zero-order valence-corrected chi connectivity index (χ0v) is 20.1. The number of amides is 3. The summed E-state index contributed by atoms with van der Waals surface area (Å²) in [4.78, 5) is 24.8. The van der Waals surface area contributed by atoms with Crippen molar-refractivity contribution in [2.45, 2.75) is 56.0 Å². The number of methoxy groups -OCH3 is 1. The Kier molecular flexibility index (Phi) is 8.20. The maximum atomic E-state index is 12.7. The molecule has 3 N–H and O–H groups in total. The molecule has 0 bridgehead atoms. The third-order valence-electron chi connectivity index (χ3n) is 5.61. The zero-order valence-electron chi connectivity index (χ0n) is 18.6. The molecule has 0 aromatic heterocycles. The number of rotatable bonds is 7. The van der Waals surface area contributed by atoms with Crippen LogP contribution in [0.15, 0.2) is 47.4 Å². The van der Waals surface area contributed by atoms with Crippen LogP contribution in [0.2, 0.25) is 5.02 Å². The van der Waals surface area contributed by atoms with Crippen molar-refractivity contribution in [1.29, 1.82) is 0 Å². The van der Waals surface area contributed by atoms with E-state index in [2.05, 4.69) is 15.4 Å². The topological polar surface area (TPSA) is 114 Å². The molecule has 178 valence electrons. The highest BCUT2D eigenvalue weighted by Gasteiger charge is 2.22. The van der Waals surface area contributed by atoms with Gasteiger partial charge in [0.15, 0.2) is 0 Å². The van der Waals surface area contributed by atoms with E-state index >= 15 is 0 Å². The number of urea groups is 1. The average Bonchev–Trinajstić information content (AvgIpc) is 2.79. The summed E-state index contributed by atoms with van der Waals surface area (Å²) in [5.74, 6) is 0.0164. The molecule has 3 rings (SSSR count). The maximum Gasteiger partial charge on any atom is 0.328 e. The summed E-state index contributed by atoms with van der Waals surface area (Å²) in [6.07, 6.45) is 4.89. The Bertz CT molecular complexity index is 1100. The van der Waals surface area contributed by atoms with Gasteiger partial charge in [-0.2, -0.15) is 0 Å². The van der Waals surface area contributed by atoms with Gasteiger partial charge in [-0.3, -0.25) is 4.79 Å². The van der Waals surface area contributed by atoms with Crippen molar-refractivity contribution in [2.24, 2.45) is 0 Å². The summed E-state index contributed by atoms with van der Waals surface area (Å²) in [6.45, 7) is 1.77. The molecule has 2 aromatic carbocycles. The summed E-state index contributed by atoms with van der Waals surface area (Å²) < 4.78 is 32.4. The van der Waals surface area contributed by atoms with Gasteiger partial charge in [-0.25, -0.2) is 17.9 Å². The van der Waals surface area contributed by atoms with Crippen LogP contribution < -0.4 is 20.1 Å². The first-order valence-corrected chi connectivity index (χ1v) is 12.6. The van der Waals surface area contributed by atoms with Gasteiger partial charge in [-0.1, -0.05) is 43.0 Å². The number of hydrogen-bond acceptors (Lipinski definition) is 5. The van der Waals surface area contributed by atoms with Crippen LogP contribution in [0.4, 0.5) is 4.79 Å². The lowest BCUT2D eigenvalue weighted by molar-refractivity contribution is 0.0936. The van der Waals surface area contributed by atoms with Crippen LogP contribution in [0.25, 0.3) is 0 Å². The molecule has 33 heavy (non-hydrogen) atoms. The highest BCUT2D eigenvalue weighted by molar-refractivity contribution is 7.90. The van der Waals surface area contributed by atoms with Gasteiger partial charge in [0.25, 0.3) is 15.9 Å². The summed E-state index contributed by atoms with van der Waals surface area (Å²) in [7, 11) is -2.55. The Hall–Kier alpha value is -2.78. The van der Waals surface area contributed by atoms with Crippen molar-refractivity contribution in [3.8, 4) is 5.75 Å². The molecule has 1 atom stereocenters. The van der Waals surface area contributed by atoms with Gasteiger partial charge in [0.1, 0.15) is 5.75 Å². The molecular formula is C23H28ClN3O5S. The third-order valence-corrected chi connectivity index (χ3v) is 7.19. The van der Waals surface area contributed by atoms with Crippen LogP contribution in [0.3, 0.4) is 0 Å². The summed E-state index contributed by atoms with van der Waals surface area (Å²) >= 11 is 6.00. The Morgan fingerprint density at radius 2 is 1.73 bits per heavy atom. The minimum atomic E-state index is -4.01. The van der Waals surface area contributed by atoms with Crippen LogP contribution in [0.1, 0.15) is 61.0 Å². The molecule has 1 fully saturated rings. The van der Waals surface area contributed by atoms with Crippen LogP contribution >= 0.6 is 11.6 Å². The smallest absolute Gasteiger partial charge is 0.328 e. The summed E-state index contributed by atoms with van der Waals surface area (Å²) in [5, 5.41) is 5.98. The number of ether oxygens (including phenoxy) is 1. The van der Waals surface area contributed by atoms with Gasteiger partial charge >= 0.3 is 6.03 Å². The maximum absolute atomic E-state index is 12.7. The Morgan fingerprint density at radius 3 is 2.36 bits per heavy atom. The monoisotopic (exact) mass is 493 g/mol. The number of benzene rings is 2. The van der Waals surface area contributed by atoms with E-state index in [4.69, 9.17) is 16.3 Å². The predicted molar refractivity (Wildman–Crippen MR) is 126 cm³/mol. The molecule has 8 nitrogen and oxygen atoms in total. The SMILES string of the molecule is COc1ccc(Cl)cc1C(=O)NC(C)c1ccc(S(=O)(=O)NC(=O)NC2CCCCC2)cc1.